The molecule has 2 aliphatic heterocycles. The quantitative estimate of drug-likeness (QED) is 0.755. The summed E-state index contributed by atoms with van der Waals surface area (Å²) in [6.45, 7) is 9.25. The molecule has 3 aliphatic rings. The van der Waals surface area contributed by atoms with Crippen LogP contribution in [-0.2, 0) is 6.42 Å². The smallest absolute Gasteiger partial charge is 0.101 e. The van der Waals surface area contributed by atoms with E-state index in [-0.39, 0.29) is 0 Å². The number of rotatable bonds is 5. The zero-order valence-electron chi connectivity index (χ0n) is 18.8. The van der Waals surface area contributed by atoms with Gasteiger partial charge in [-0.25, -0.2) is 0 Å². The van der Waals surface area contributed by atoms with Crippen LogP contribution in [0.15, 0.2) is 35.5 Å². The van der Waals surface area contributed by atoms with Crippen LogP contribution < -0.4 is 5.32 Å². The first-order valence-electron chi connectivity index (χ1n) is 12.3. The van der Waals surface area contributed by atoms with Crippen LogP contribution in [0.4, 0.5) is 0 Å². The van der Waals surface area contributed by atoms with Crippen molar-refractivity contribution in [3.8, 4) is 0 Å². The monoisotopic (exact) mass is 406 g/mol. The predicted octanol–water partition coefficient (Wildman–Crippen LogP) is 5.04. The van der Waals surface area contributed by atoms with Crippen LogP contribution in [0, 0.1) is 11.8 Å². The molecule has 162 valence electrons. The molecule has 2 aromatic rings. The number of aliphatic imine (C=N–C) groups is 1. The molecule has 1 aromatic carbocycles. The molecular formula is C26H38N4. The highest BCUT2D eigenvalue weighted by atomic mass is 15.2. The van der Waals surface area contributed by atoms with E-state index >= 15 is 0 Å². The number of aromatic nitrogens is 1. The van der Waals surface area contributed by atoms with Crippen LogP contribution in [0.5, 0.6) is 0 Å². The van der Waals surface area contributed by atoms with Crippen LogP contribution in [0.25, 0.3) is 10.9 Å². The normalized spacial score (nSPS) is 26.3. The summed E-state index contributed by atoms with van der Waals surface area (Å²) in [7, 11) is 0. The largest absolute Gasteiger partial charge is 0.372 e. The first-order valence-corrected chi connectivity index (χ1v) is 12.3. The fraction of sp³-hybridized carbons (Fsp3) is 0.654. The van der Waals surface area contributed by atoms with Crippen molar-refractivity contribution in [1.29, 1.82) is 0 Å². The number of benzene rings is 1. The SMILES string of the molecule is CC(C)C1CCC(N2CCC(n3cc(CC4=NCCN4)c4ccccc43)CC2)CC1. The molecule has 2 fully saturated rings. The lowest BCUT2D eigenvalue weighted by Gasteiger charge is -2.42. The molecule has 0 unspecified atom stereocenters. The van der Waals surface area contributed by atoms with Gasteiger partial charge in [-0.1, -0.05) is 32.0 Å². The third kappa shape index (κ3) is 4.03. The first-order chi connectivity index (χ1) is 14.7. The van der Waals surface area contributed by atoms with E-state index in [9.17, 15) is 0 Å². The third-order valence-electron chi connectivity index (χ3n) is 8.02. The second-order valence-electron chi connectivity index (χ2n) is 10.1. The van der Waals surface area contributed by atoms with Crippen molar-refractivity contribution in [2.75, 3.05) is 26.2 Å². The van der Waals surface area contributed by atoms with Crippen LogP contribution in [0.1, 0.15) is 64.0 Å². The van der Waals surface area contributed by atoms with Crippen molar-refractivity contribution in [2.24, 2.45) is 16.8 Å². The Morgan fingerprint density at radius 2 is 1.77 bits per heavy atom. The van der Waals surface area contributed by atoms with Gasteiger partial charge in [0.2, 0.25) is 0 Å². The van der Waals surface area contributed by atoms with Gasteiger partial charge in [0, 0.05) is 55.2 Å². The maximum Gasteiger partial charge on any atom is 0.101 e. The zero-order chi connectivity index (χ0) is 20.5. The van der Waals surface area contributed by atoms with Crippen molar-refractivity contribution in [1.82, 2.24) is 14.8 Å². The Balaban J connectivity index is 1.26. The van der Waals surface area contributed by atoms with Crippen LogP contribution >= 0.6 is 0 Å². The molecule has 3 heterocycles. The molecule has 0 radical (unpaired) electrons. The maximum atomic E-state index is 4.63. The molecule has 0 bridgehead atoms. The van der Waals surface area contributed by atoms with Crippen molar-refractivity contribution in [2.45, 2.75) is 70.9 Å². The van der Waals surface area contributed by atoms with Gasteiger partial charge in [0.25, 0.3) is 0 Å². The Morgan fingerprint density at radius 3 is 2.47 bits per heavy atom. The van der Waals surface area contributed by atoms with E-state index in [4.69, 9.17) is 0 Å². The molecular weight excluding hydrogens is 368 g/mol. The average Bonchev–Trinajstić information content (AvgIpc) is 3.43. The van der Waals surface area contributed by atoms with Gasteiger partial charge in [-0.2, -0.15) is 0 Å². The van der Waals surface area contributed by atoms with Gasteiger partial charge in [-0.3, -0.25) is 4.99 Å². The fourth-order valence-corrected chi connectivity index (χ4v) is 6.13. The summed E-state index contributed by atoms with van der Waals surface area (Å²) in [5.41, 5.74) is 2.83. The molecule has 0 atom stereocenters. The molecule has 0 amide bonds. The van der Waals surface area contributed by atoms with E-state index in [1.54, 1.807) is 0 Å². The number of hydrogen-bond acceptors (Lipinski definition) is 3. The van der Waals surface area contributed by atoms with Gasteiger partial charge in [0.15, 0.2) is 0 Å². The highest BCUT2D eigenvalue weighted by Gasteiger charge is 2.30. The van der Waals surface area contributed by atoms with Gasteiger partial charge >= 0.3 is 0 Å². The summed E-state index contributed by atoms with van der Waals surface area (Å²) in [5, 5.41) is 4.85. The molecule has 1 saturated heterocycles. The Kier molecular flexibility index (Phi) is 5.86. The lowest BCUT2D eigenvalue weighted by atomic mass is 9.79. The Labute approximate surface area is 181 Å². The highest BCUT2D eigenvalue weighted by molar-refractivity contribution is 5.92. The highest BCUT2D eigenvalue weighted by Crippen LogP contribution is 2.36. The molecule has 1 aliphatic carbocycles. The van der Waals surface area contributed by atoms with E-state index in [0.29, 0.717) is 6.04 Å². The minimum absolute atomic E-state index is 0.630. The van der Waals surface area contributed by atoms with E-state index in [1.165, 1.54) is 68.1 Å². The number of para-hydroxylation sites is 1. The first kappa shape index (κ1) is 20.1. The standard InChI is InChI=1S/C26H38N4/c1-19(2)20-7-9-22(10-8-20)29-15-11-23(12-16-29)30-18-21(17-26-27-13-14-28-26)24-5-3-4-6-25(24)30/h3-6,18-20,22-23H,7-17H2,1-2H3,(H,27,28). The lowest BCUT2D eigenvalue weighted by Crippen LogP contribution is -2.43. The summed E-state index contributed by atoms with van der Waals surface area (Å²) in [6, 6.07) is 10.4. The van der Waals surface area contributed by atoms with Gasteiger partial charge in [0.05, 0.1) is 6.54 Å². The lowest BCUT2D eigenvalue weighted by molar-refractivity contribution is 0.0894. The Morgan fingerprint density at radius 1 is 1.00 bits per heavy atom. The predicted molar refractivity (Wildman–Crippen MR) is 126 cm³/mol. The Hall–Kier alpha value is -1.81. The fourth-order valence-electron chi connectivity index (χ4n) is 6.13. The summed E-state index contributed by atoms with van der Waals surface area (Å²) in [4.78, 5) is 7.44. The van der Waals surface area contributed by atoms with E-state index in [1.807, 2.05) is 0 Å². The number of hydrogen-bond donors (Lipinski definition) is 1. The van der Waals surface area contributed by atoms with Crippen molar-refractivity contribution in [3.63, 3.8) is 0 Å². The number of nitrogens with zero attached hydrogens (tertiary/aromatic N) is 3. The molecule has 0 spiro atoms. The number of piperidine rings is 1. The van der Waals surface area contributed by atoms with Crippen molar-refractivity contribution < 1.29 is 0 Å². The maximum absolute atomic E-state index is 4.63. The number of amidine groups is 1. The number of fused-ring (bicyclic) bond motifs is 1. The van der Waals surface area contributed by atoms with Gasteiger partial charge in [0.1, 0.15) is 5.84 Å². The van der Waals surface area contributed by atoms with E-state index in [2.05, 4.69) is 64.1 Å². The summed E-state index contributed by atoms with van der Waals surface area (Å²) in [6.07, 6.45) is 11.6. The van der Waals surface area contributed by atoms with Crippen LogP contribution in [0.3, 0.4) is 0 Å². The van der Waals surface area contributed by atoms with Gasteiger partial charge in [-0.05, 0) is 62.0 Å². The van der Waals surface area contributed by atoms with Crippen LogP contribution in [-0.4, -0.2) is 47.5 Å². The van der Waals surface area contributed by atoms with E-state index < -0.39 is 0 Å². The zero-order valence-corrected chi connectivity index (χ0v) is 18.8. The molecule has 30 heavy (non-hydrogen) atoms. The summed E-state index contributed by atoms with van der Waals surface area (Å²) in [5.74, 6) is 2.98. The average molecular weight is 407 g/mol. The van der Waals surface area contributed by atoms with E-state index in [0.717, 1.165) is 43.2 Å². The minimum Gasteiger partial charge on any atom is -0.372 e. The third-order valence-corrected chi connectivity index (χ3v) is 8.02. The molecule has 4 nitrogen and oxygen atoms in total. The summed E-state index contributed by atoms with van der Waals surface area (Å²) >= 11 is 0. The molecule has 1 aromatic heterocycles. The molecule has 5 rings (SSSR count). The van der Waals surface area contributed by atoms with Crippen molar-refractivity contribution in [3.05, 3.63) is 36.0 Å². The second kappa shape index (κ2) is 8.74. The second-order valence-corrected chi connectivity index (χ2v) is 10.1. The molecule has 1 N–H and O–H groups in total. The summed E-state index contributed by atoms with van der Waals surface area (Å²) < 4.78 is 2.59. The topological polar surface area (TPSA) is 32.6 Å². The number of likely N-dealkylation sites (tertiary alicyclic amines) is 1. The number of nitrogens with one attached hydrogen (secondary N) is 1. The van der Waals surface area contributed by atoms with Gasteiger partial charge in [-0.15, -0.1) is 0 Å². The molecule has 4 heteroatoms. The minimum atomic E-state index is 0.630. The van der Waals surface area contributed by atoms with Crippen molar-refractivity contribution >= 4 is 16.7 Å². The molecule has 1 saturated carbocycles. The van der Waals surface area contributed by atoms with Gasteiger partial charge < -0.3 is 14.8 Å². The Bertz CT molecular complexity index is 880. The van der Waals surface area contributed by atoms with Crippen LogP contribution in [0.2, 0.25) is 0 Å².